The molecule has 154 valence electrons. The molecule has 0 spiro atoms. The van der Waals surface area contributed by atoms with E-state index >= 15 is 0 Å². The zero-order chi connectivity index (χ0) is 20.8. The fourth-order valence-electron chi connectivity index (χ4n) is 4.36. The third-order valence-corrected chi connectivity index (χ3v) is 7.49. The fraction of sp³-hybridized carbons (Fsp3) is 0.318. The van der Waals surface area contributed by atoms with Gasteiger partial charge in [0.2, 0.25) is 5.91 Å². The zero-order valence-electron chi connectivity index (χ0n) is 16.1. The summed E-state index contributed by atoms with van der Waals surface area (Å²) in [5.74, 6) is -0.0119. The van der Waals surface area contributed by atoms with E-state index < -0.39 is 6.04 Å². The number of amides is 2. The molecule has 0 bridgehead atoms. The highest BCUT2D eigenvalue weighted by atomic mass is 35.5. The Morgan fingerprint density at radius 2 is 1.70 bits per heavy atom. The lowest BCUT2D eigenvalue weighted by Crippen LogP contribution is -2.45. The number of fused-ring (bicyclic) bond motifs is 1. The van der Waals surface area contributed by atoms with E-state index in [9.17, 15) is 9.59 Å². The van der Waals surface area contributed by atoms with Crippen LogP contribution in [0.1, 0.15) is 30.2 Å². The molecule has 0 aliphatic carbocycles. The van der Waals surface area contributed by atoms with Gasteiger partial charge in [-0.1, -0.05) is 35.3 Å². The van der Waals surface area contributed by atoms with Crippen molar-refractivity contribution in [2.75, 3.05) is 18.0 Å². The standard InChI is InChI=1S/C22H19Cl2N3O2S/c23-14-9-15(24)11-16(10-14)27-20(28)12-18(22(27)29)26-7-5-13(6-8-26)21-25-17-3-1-2-4-19(17)30-21/h1-4,9-11,13,18H,5-8,12H2/t18-/m0/s1. The second-order valence-corrected chi connectivity index (χ2v) is 9.68. The van der Waals surface area contributed by atoms with Gasteiger partial charge in [0.15, 0.2) is 0 Å². The van der Waals surface area contributed by atoms with Gasteiger partial charge in [-0.25, -0.2) is 9.88 Å². The van der Waals surface area contributed by atoms with E-state index in [1.165, 1.54) is 14.6 Å². The van der Waals surface area contributed by atoms with E-state index in [2.05, 4.69) is 11.0 Å². The Bertz CT molecular complexity index is 1090. The Kier molecular flexibility index (Phi) is 5.27. The van der Waals surface area contributed by atoms with Crippen LogP contribution in [0.15, 0.2) is 42.5 Å². The molecule has 0 unspecified atom stereocenters. The SMILES string of the molecule is O=C1C[C@H](N2CCC(c3nc4ccccc4s3)CC2)C(=O)N1c1cc(Cl)cc(Cl)c1. The summed E-state index contributed by atoms with van der Waals surface area (Å²) in [6.45, 7) is 1.54. The number of carbonyl (C=O) groups is 2. The predicted molar refractivity (Wildman–Crippen MR) is 121 cm³/mol. The van der Waals surface area contributed by atoms with Gasteiger partial charge >= 0.3 is 0 Å². The summed E-state index contributed by atoms with van der Waals surface area (Å²) in [7, 11) is 0. The second-order valence-electron chi connectivity index (χ2n) is 7.75. The summed E-state index contributed by atoms with van der Waals surface area (Å²) in [6, 6.07) is 12.6. The maximum absolute atomic E-state index is 13.1. The summed E-state index contributed by atoms with van der Waals surface area (Å²) >= 11 is 13.9. The minimum atomic E-state index is -0.424. The van der Waals surface area contributed by atoms with Crippen molar-refractivity contribution in [3.05, 3.63) is 57.5 Å². The maximum atomic E-state index is 13.1. The van der Waals surface area contributed by atoms with Crippen molar-refractivity contribution in [1.29, 1.82) is 0 Å². The number of rotatable bonds is 3. The number of piperidine rings is 1. The van der Waals surface area contributed by atoms with Crippen molar-refractivity contribution < 1.29 is 9.59 Å². The molecule has 2 aliphatic rings. The summed E-state index contributed by atoms with van der Waals surface area (Å²) in [6.07, 6.45) is 2.05. The average molecular weight is 460 g/mol. The van der Waals surface area contributed by atoms with Crippen LogP contribution in [-0.4, -0.2) is 40.8 Å². The number of nitrogens with zero attached hydrogens (tertiary/aromatic N) is 3. The Morgan fingerprint density at radius 3 is 2.40 bits per heavy atom. The molecule has 1 atom stereocenters. The number of imide groups is 1. The summed E-state index contributed by atoms with van der Waals surface area (Å²) in [5, 5.41) is 1.97. The number of likely N-dealkylation sites (tertiary alicyclic amines) is 1. The van der Waals surface area contributed by atoms with E-state index in [0.29, 0.717) is 21.7 Å². The quantitative estimate of drug-likeness (QED) is 0.510. The molecule has 3 aromatic rings. The van der Waals surface area contributed by atoms with Gasteiger partial charge < -0.3 is 0 Å². The Hall–Kier alpha value is -1.99. The molecule has 2 aromatic carbocycles. The van der Waals surface area contributed by atoms with Crippen LogP contribution in [0.5, 0.6) is 0 Å². The third kappa shape index (κ3) is 3.62. The van der Waals surface area contributed by atoms with Crippen molar-refractivity contribution >= 4 is 62.3 Å². The van der Waals surface area contributed by atoms with E-state index in [1.54, 1.807) is 29.5 Å². The highest BCUT2D eigenvalue weighted by Crippen LogP contribution is 2.36. The molecule has 5 nitrogen and oxygen atoms in total. The van der Waals surface area contributed by atoms with Gasteiger partial charge in [0.05, 0.1) is 33.4 Å². The Morgan fingerprint density at radius 1 is 1.00 bits per heavy atom. The molecule has 3 heterocycles. The van der Waals surface area contributed by atoms with E-state index in [4.69, 9.17) is 28.2 Å². The van der Waals surface area contributed by atoms with Gasteiger partial charge in [-0.05, 0) is 56.3 Å². The lowest BCUT2D eigenvalue weighted by atomic mass is 9.96. The van der Waals surface area contributed by atoms with Gasteiger partial charge in [0.25, 0.3) is 5.91 Å². The first-order valence-corrected chi connectivity index (χ1v) is 11.5. The van der Waals surface area contributed by atoms with E-state index in [-0.39, 0.29) is 18.2 Å². The highest BCUT2D eigenvalue weighted by Gasteiger charge is 2.43. The van der Waals surface area contributed by atoms with Crippen molar-refractivity contribution in [2.24, 2.45) is 0 Å². The van der Waals surface area contributed by atoms with Crippen LogP contribution < -0.4 is 4.90 Å². The number of hydrogen-bond donors (Lipinski definition) is 0. The lowest BCUT2D eigenvalue weighted by molar-refractivity contribution is -0.123. The van der Waals surface area contributed by atoms with Crippen molar-refractivity contribution in [3.8, 4) is 0 Å². The minimum Gasteiger partial charge on any atom is -0.291 e. The monoisotopic (exact) mass is 459 g/mol. The number of aromatic nitrogens is 1. The van der Waals surface area contributed by atoms with E-state index in [1.807, 2.05) is 18.2 Å². The smallest absolute Gasteiger partial charge is 0.251 e. The fourth-order valence-corrected chi connectivity index (χ4v) is 6.01. The number of carbonyl (C=O) groups excluding carboxylic acids is 2. The normalized spacial score (nSPS) is 21.1. The van der Waals surface area contributed by atoms with Crippen LogP contribution in [0.2, 0.25) is 10.0 Å². The molecule has 30 heavy (non-hydrogen) atoms. The number of hydrogen-bond acceptors (Lipinski definition) is 5. The van der Waals surface area contributed by atoms with Crippen LogP contribution in [0.3, 0.4) is 0 Å². The number of halogens is 2. The molecular formula is C22H19Cl2N3O2S. The van der Waals surface area contributed by atoms with Gasteiger partial charge in [-0.3, -0.25) is 14.5 Å². The number of thiazole rings is 1. The molecule has 5 rings (SSSR count). The van der Waals surface area contributed by atoms with Gasteiger partial charge in [-0.15, -0.1) is 11.3 Å². The first-order chi connectivity index (χ1) is 14.5. The summed E-state index contributed by atoms with van der Waals surface area (Å²) < 4.78 is 1.21. The van der Waals surface area contributed by atoms with Crippen LogP contribution in [0, 0.1) is 0 Å². The first-order valence-electron chi connectivity index (χ1n) is 9.92. The van der Waals surface area contributed by atoms with Gasteiger partial charge in [-0.2, -0.15) is 0 Å². The van der Waals surface area contributed by atoms with Gasteiger partial charge in [0, 0.05) is 16.0 Å². The van der Waals surface area contributed by atoms with E-state index in [0.717, 1.165) is 31.4 Å². The topological polar surface area (TPSA) is 53.5 Å². The molecule has 0 radical (unpaired) electrons. The first kappa shape index (κ1) is 19.9. The van der Waals surface area contributed by atoms with Crippen LogP contribution >= 0.6 is 34.5 Å². The maximum Gasteiger partial charge on any atom is 0.251 e. The molecule has 0 saturated carbocycles. The highest BCUT2D eigenvalue weighted by molar-refractivity contribution is 7.18. The number of anilines is 1. The molecule has 2 fully saturated rings. The van der Waals surface area contributed by atoms with Crippen molar-refractivity contribution in [1.82, 2.24) is 9.88 Å². The zero-order valence-corrected chi connectivity index (χ0v) is 18.4. The van der Waals surface area contributed by atoms with Crippen LogP contribution in [0.25, 0.3) is 10.2 Å². The van der Waals surface area contributed by atoms with Gasteiger partial charge in [0.1, 0.15) is 0 Å². The minimum absolute atomic E-state index is 0.189. The molecule has 1 aromatic heterocycles. The van der Waals surface area contributed by atoms with Crippen molar-refractivity contribution in [2.45, 2.75) is 31.2 Å². The molecular weight excluding hydrogens is 441 g/mol. The lowest BCUT2D eigenvalue weighted by Gasteiger charge is -2.34. The van der Waals surface area contributed by atoms with Crippen LogP contribution in [-0.2, 0) is 9.59 Å². The molecule has 2 amide bonds. The number of benzene rings is 2. The molecule has 8 heteroatoms. The third-order valence-electron chi connectivity index (χ3n) is 5.86. The van der Waals surface area contributed by atoms with Crippen molar-refractivity contribution in [3.63, 3.8) is 0 Å². The summed E-state index contributed by atoms with van der Waals surface area (Å²) in [4.78, 5) is 33.9. The number of para-hydroxylation sites is 1. The second kappa shape index (κ2) is 7.93. The molecule has 0 N–H and O–H groups in total. The molecule has 2 aliphatic heterocycles. The predicted octanol–water partition coefficient (Wildman–Crippen LogP) is 5.11. The molecule has 2 saturated heterocycles. The van der Waals surface area contributed by atoms with Crippen LogP contribution in [0.4, 0.5) is 5.69 Å². The Labute approximate surface area is 188 Å². The largest absolute Gasteiger partial charge is 0.291 e. The summed E-state index contributed by atoms with van der Waals surface area (Å²) in [5.41, 5.74) is 1.49. The average Bonchev–Trinajstić information content (AvgIpc) is 3.28. The Balaban J connectivity index is 1.29.